The maximum absolute atomic E-state index is 11.5. The monoisotopic (exact) mass is 419 g/mol. The summed E-state index contributed by atoms with van der Waals surface area (Å²) in [5.41, 5.74) is 7.65. The lowest BCUT2D eigenvalue weighted by Crippen LogP contribution is -2.20. The van der Waals surface area contributed by atoms with Gasteiger partial charge in [-0.2, -0.15) is 0 Å². The Hall–Kier alpha value is -3.71. The van der Waals surface area contributed by atoms with E-state index < -0.39 is 5.91 Å². The van der Waals surface area contributed by atoms with Crippen molar-refractivity contribution in [2.45, 2.75) is 13.0 Å². The standard InChI is InChI=1S/C24H25N3O4/c1-30-22-11-10-18(14-23(22)31-2)25-20-4-3-5-21-19(20)12-13-27(21)15-16-6-8-17(9-7-16)24(28)26-29/h3-11,14,25,29H,12-13,15H2,1-2H3,(H,26,28). The molecule has 0 fully saturated rings. The van der Waals surface area contributed by atoms with E-state index in [-0.39, 0.29) is 0 Å². The van der Waals surface area contributed by atoms with Gasteiger partial charge >= 0.3 is 0 Å². The largest absolute Gasteiger partial charge is 0.493 e. The number of rotatable bonds is 7. The fourth-order valence-electron chi connectivity index (χ4n) is 3.90. The number of carbonyl (C=O) groups is 1. The van der Waals surface area contributed by atoms with Crippen LogP contribution >= 0.6 is 0 Å². The summed E-state index contributed by atoms with van der Waals surface area (Å²) in [4.78, 5) is 13.8. The van der Waals surface area contributed by atoms with Crippen molar-refractivity contribution in [1.82, 2.24) is 5.48 Å². The highest BCUT2D eigenvalue weighted by Gasteiger charge is 2.22. The van der Waals surface area contributed by atoms with Crippen molar-refractivity contribution in [3.8, 4) is 11.5 Å². The van der Waals surface area contributed by atoms with Crippen molar-refractivity contribution in [1.29, 1.82) is 0 Å². The molecule has 0 unspecified atom stereocenters. The molecular weight excluding hydrogens is 394 g/mol. The maximum Gasteiger partial charge on any atom is 0.274 e. The lowest BCUT2D eigenvalue weighted by molar-refractivity contribution is 0.0706. The Morgan fingerprint density at radius 2 is 1.81 bits per heavy atom. The number of fused-ring (bicyclic) bond motifs is 1. The summed E-state index contributed by atoms with van der Waals surface area (Å²) in [6.45, 7) is 1.66. The van der Waals surface area contributed by atoms with Crippen molar-refractivity contribution in [2.75, 3.05) is 31.0 Å². The van der Waals surface area contributed by atoms with Gasteiger partial charge in [-0.05, 0) is 48.4 Å². The van der Waals surface area contributed by atoms with Gasteiger partial charge in [0.05, 0.1) is 14.2 Å². The molecule has 31 heavy (non-hydrogen) atoms. The average molecular weight is 419 g/mol. The molecular formula is C24H25N3O4. The third-order valence-corrected chi connectivity index (χ3v) is 5.48. The van der Waals surface area contributed by atoms with Crippen LogP contribution in [0.15, 0.2) is 60.7 Å². The first-order valence-electron chi connectivity index (χ1n) is 10.0. The predicted octanol–water partition coefficient (Wildman–Crippen LogP) is 4.13. The number of ether oxygens (including phenoxy) is 2. The third-order valence-electron chi connectivity index (χ3n) is 5.48. The topological polar surface area (TPSA) is 83.1 Å². The SMILES string of the molecule is COc1ccc(Nc2cccc3c2CCN3Cc2ccc(C(=O)NO)cc2)cc1OC. The van der Waals surface area contributed by atoms with E-state index in [4.69, 9.17) is 14.7 Å². The van der Waals surface area contributed by atoms with Crippen LogP contribution < -0.4 is 25.2 Å². The van der Waals surface area contributed by atoms with Gasteiger partial charge in [0, 0.05) is 47.3 Å². The summed E-state index contributed by atoms with van der Waals surface area (Å²) < 4.78 is 10.7. The Kier molecular flexibility index (Phi) is 5.95. The van der Waals surface area contributed by atoms with Crippen LogP contribution in [0.1, 0.15) is 21.5 Å². The van der Waals surface area contributed by atoms with Gasteiger partial charge in [-0.3, -0.25) is 10.0 Å². The zero-order valence-electron chi connectivity index (χ0n) is 17.5. The first-order valence-corrected chi connectivity index (χ1v) is 10.0. The highest BCUT2D eigenvalue weighted by molar-refractivity contribution is 5.93. The fraction of sp³-hybridized carbons (Fsp3) is 0.208. The van der Waals surface area contributed by atoms with E-state index in [0.29, 0.717) is 17.1 Å². The number of carbonyl (C=O) groups excluding carboxylic acids is 1. The molecule has 3 aromatic carbocycles. The number of nitrogens with zero attached hydrogens (tertiary/aromatic N) is 1. The molecule has 7 nitrogen and oxygen atoms in total. The van der Waals surface area contributed by atoms with Crippen LogP contribution in [0.4, 0.5) is 17.1 Å². The van der Waals surface area contributed by atoms with Gasteiger partial charge in [0.25, 0.3) is 5.91 Å². The molecule has 0 aliphatic carbocycles. The van der Waals surface area contributed by atoms with Crippen LogP contribution in [0.2, 0.25) is 0 Å². The minimum atomic E-state index is -0.510. The van der Waals surface area contributed by atoms with E-state index in [0.717, 1.165) is 36.4 Å². The number of hydroxylamine groups is 1. The van der Waals surface area contributed by atoms with Gasteiger partial charge < -0.3 is 19.7 Å². The maximum atomic E-state index is 11.5. The molecule has 1 heterocycles. The second kappa shape index (κ2) is 8.97. The summed E-state index contributed by atoms with van der Waals surface area (Å²) in [6, 6.07) is 19.3. The first kappa shape index (κ1) is 20.6. The number of amides is 1. The number of hydrogen-bond acceptors (Lipinski definition) is 6. The Morgan fingerprint density at radius 1 is 1.03 bits per heavy atom. The molecule has 3 aromatic rings. The van der Waals surface area contributed by atoms with E-state index in [2.05, 4.69) is 28.4 Å². The normalized spacial score (nSPS) is 12.3. The molecule has 1 amide bonds. The predicted molar refractivity (Wildman–Crippen MR) is 120 cm³/mol. The lowest BCUT2D eigenvalue weighted by Gasteiger charge is -2.20. The minimum absolute atomic E-state index is 0.425. The Balaban J connectivity index is 1.52. The van der Waals surface area contributed by atoms with Gasteiger partial charge in [-0.25, -0.2) is 5.48 Å². The molecule has 0 bridgehead atoms. The number of anilines is 3. The average Bonchev–Trinajstić information content (AvgIpc) is 3.22. The minimum Gasteiger partial charge on any atom is -0.493 e. The molecule has 0 aromatic heterocycles. The van der Waals surface area contributed by atoms with E-state index in [1.165, 1.54) is 11.3 Å². The number of hydrogen-bond donors (Lipinski definition) is 3. The molecule has 7 heteroatoms. The zero-order chi connectivity index (χ0) is 21.8. The third kappa shape index (κ3) is 4.27. The van der Waals surface area contributed by atoms with Crippen molar-refractivity contribution >= 4 is 23.0 Å². The van der Waals surface area contributed by atoms with Crippen LogP contribution in [0.3, 0.4) is 0 Å². The van der Waals surface area contributed by atoms with Crippen molar-refractivity contribution in [3.05, 3.63) is 77.4 Å². The first-order chi connectivity index (χ1) is 15.1. The Bertz CT molecular complexity index is 1080. The van der Waals surface area contributed by atoms with Gasteiger partial charge in [0.2, 0.25) is 0 Å². The van der Waals surface area contributed by atoms with Crippen molar-refractivity contribution in [2.24, 2.45) is 0 Å². The molecule has 1 aliphatic heterocycles. The van der Waals surface area contributed by atoms with E-state index in [9.17, 15) is 4.79 Å². The Labute approximate surface area is 181 Å². The molecule has 0 saturated carbocycles. The molecule has 160 valence electrons. The van der Waals surface area contributed by atoms with Crippen molar-refractivity contribution in [3.63, 3.8) is 0 Å². The summed E-state index contributed by atoms with van der Waals surface area (Å²) in [5, 5.41) is 12.3. The van der Waals surface area contributed by atoms with Gasteiger partial charge in [0.15, 0.2) is 11.5 Å². The van der Waals surface area contributed by atoms with Crippen LogP contribution in [0.25, 0.3) is 0 Å². The van der Waals surface area contributed by atoms with Gasteiger partial charge in [0.1, 0.15) is 0 Å². The molecule has 1 aliphatic rings. The smallest absolute Gasteiger partial charge is 0.274 e. The summed E-state index contributed by atoms with van der Waals surface area (Å²) in [5.74, 6) is 0.865. The molecule has 0 radical (unpaired) electrons. The lowest BCUT2D eigenvalue weighted by atomic mass is 10.1. The zero-order valence-corrected chi connectivity index (χ0v) is 17.5. The summed E-state index contributed by atoms with van der Waals surface area (Å²) >= 11 is 0. The van der Waals surface area contributed by atoms with Crippen LogP contribution in [-0.4, -0.2) is 31.9 Å². The number of methoxy groups -OCH3 is 2. The van der Waals surface area contributed by atoms with E-state index >= 15 is 0 Å². The van der Waals surface area contributed by atoms with Gasteiger partial charge in [-0.15, -0.1) is 0 Å². The van der Waals surface area contributed by atoms with E-state index in [1.54, 1.807) is 31.8 Å². The summed E-state index contributed by atoms with van der Waals surface area (Å²) in [6.07, 6.45) is 0.941. The van der Waals surface area contributed by atoms with Crippen LogP contribution in [-0.2, 0) is 13.0 Å². The Morgan fingerprint density at radius 3 is 2.52 bits per heavy atom. The highest BCUT2D eigenvalue weighted by atomic mass is 16.5. The summed E-state index contributed by atoms with van der Waals surface area (Å²) in [7, 11) is 3.25. The van der Waals surface area contributed by atoms with Crippen LogP contribution in [0, 0.1) is 0 Å². The quantitative estimate of drug-likeness (QED) is 0.395. The fourth-order valence-corrected chi connectivity index (χ4v) is 3.90. The molecule has 0 saturated heterocycles. The molecule has 0 spiro atoms. The van der Waals surface area contributed by atoms with Crippen LogP contribution in [0.5, 0.6) is 11.5 Å². The van der Waals surface area contributed by atoms with Crippen molar-refractivity contribution < 1.29 is 19.5 Å². The molecule has 0 atom stereocenters. The second-order valence-corrected chi connectivity index (χ2v) is 7.31. The molecule has 3 N–H and O–H groups in total. The van der Waals surface area contributed by atoms with Gasteiger partial charge in [-0.1, -0.05) is 18.2 Å². The number of benzene rings is 3. The highest BCUT2D eigenvalue weighted by Crippen LogP contribution is 2.37. The van der Waals surface area contributed by atoms with E-state index in [1.807, 2.05) is 30.3 Å². The molecule has 4 rings (SSSR count). The second-order valence-electron chi connectivity index (χ2n) is 7.31. The number of nitrogens with one attached hydrogen (secondary N) is 2.